The molecular formula is C20H26FN2OS+. The second kappa shape index (κ2) is 9.11. The number of likely N-dealkylation sites (tertiary alicyclic amines) is 1. The fourth-order valence-corrected chi connectivity index (χ4v) is 4.25. The van der Waals surface area contributed by atoms with Gasteiger partial charge in [0.1, 0.15) is 5.82 Å². The number of hydrogen-bond donors (Lipinski definition) is 2. The van der Waals surface area contributed by atoms with Gasteiger partial charge in [0.15, 0.2) is 6.54 Å². The maximum Gasteiger partial charge on any atom is 0.275 e. The zero-order valence-electron chi connectivity index (χ0n) is 14.5. The highest BCUT2D eigenvalue weighted by atomic mass is 32.1. The van der Waals surface area contributed by atoms with Gasteiger partial charge in [-0.2, -0.15) is 0 Å². The molecule has 1 atom stereocenters. The summed E-state index contributed by atoms with van der Waals surface area (Å²) in [6.45, 7) is 2.67. The van der Waals surface area contributed by atoms with Crippen LogP contribution in [0.4, 0.5) is 4.39 Å². The van der Waals surface area contributed by atoms with Crippen LogP contribution in [-0.2, 0) is 4.79 Å². The highest BCUT2D eigenvalue weighted by Crippen LogP contribution is 2.26. The van der Waals surface area contributed by atoms with E-state index in [9.17, 15) is 9.18 Å². The maximum absolute atomic E-state index is 13.2. The molecule has 1 aliphatic rings. The van der Waals surface area contributed by atoms with E-state index < -0.39 is 0 Å². The molecule has 1 aliphatic heterocycles. The third kappa shape index (κ3) is 5.38. The second-order valence-corrected chi connectivity index (χ2v) is 7.74. The summed E-state index contributed by atoms with van der Waals surface area (Å²) in [7, 11) is 0. The number of hydrogen-bond acceptors (Lipinski definition) is 2. The average Bonchev–Trinajstić information content (AvgIpc) is 3.10. The van der Waals surface area contributed by atoms with E-state index in [1.54, 1.807) is 23.5 Å². The van der Waals surface area contributed by atoms with Gasteiger partial charge in [0.25, 0.3) is 5.91 Å². The summed E-state index contributed by atoms with van der Waals surface area (Å²) in [6, 6.07) is 10.2. The van der Waals surface area contributed by atoms with Gasteiger partial charge in [-0.05, 0) is 54.8 Å². The average molecular weight is 362 g/mol. The number of carbonyl (C=O) groups excluding carboxylic acids is 1. The van der Waals surface area contributed by atoms with E-state index in [1.807, 2.05) is 17.5 Å². The summed E-state index contributed by atoms with van der Waals surface area (Å²) in [5, 5.41) is 5.17. The van der Waals surface area contributed by atoms with E-state index in [1.165, 1.54) is 49.1 Å². The highest BCUT2D eigenvalue weighted by molar-refractivity contribution is 7.10. The standard InChI is InChI=1S/C20H25FN2OS/c21-17-10-8-16(9-11-17)20(18-7-6-14-25-18)22-19(24)15-23-12-4-2-1-3-5-13-23/h6-11,14,20H,1-5,12-13,15H2,(H,22,24)/p+1/t20-/m0/s1. The molecule has 5 heteroatoms. The minimum absolute atomic E-state index is 0.0679. The third-order valence-electron chi connectivity index (χ3n) is 4.81. The molecule has 134 valence electrons. The van der Waals surface area contributed by atoms with Crippen molar-refractivity contribution in [2.75, 3.05) is 19.6 Å². The lowest BCUT2D eigenvalue weighted by atomic mass is 10.1. The Kier molecular flexibility index (Phi) is 6.59. The lowest BCUT2D eigenvalue weighted by Gasteiger charge is -2.23. The number of benzene rings is 1. The molecule has 3 rings (SSSR count). The van der Waals surface area contributed by atoms with Gasteiger partial charge in [-0.15, -0.1) is 11.3 Å². The monoisotopic (exact) mass is 361 g/mol. The molecule has 0 unspecified atom stereocenters. The van der Waals surface area contributed by atoms with Crippen LogP contribution in [0.5, 0.6) is 0 Å². The van der Waals surface area contributed by atoms with Crippen LogP contribution in [0.1, 0.15) is 48.6 Å². The van der Waals surface area contributed by atoms with E-state index in [-0.39, 0.29) is 17.8 Å². The van der Waals surface area contributed by atoms with Gasteiger partial charge in [0.05, 0.1) is 19.1 Å². The van der Waals surface area contributed by atoms with Gasteiger partial charge in [-0.25, -0.2) is 4.39 Å². The number of quaternary nitrogens is 1. The van der Waals surface area contributed by atoms with Crippen molar-refractivity contribution in [3.8, 4) is 0 Å². The SMILES string of the molecule is O=C(C[NH+]1CCCCCCC1)N[C@@H](c1ccc(F)cc1)c1cccs1. The van der Waals surface area contributed by atoms with Gasteiger partial charge in [-0.1, -0.05) is 24.6 Å². The zero-order valence-corrected chi connectivity index (χ0v) is 15.3. The summed E-state index contributed by atoms with van der Waals surface area (Å²) in [4.78, 5) is 15.1. The lowest BCUT2D eigenvalue weighted by Crippen LogP contribution is -3.13. The summed E-state index contributed by atoms with van der Waals surface area (Å²) < 4.78 is 13.2. The number of nitrogens with one attached hydrogen (secondary N) is 2. The van der Waals surface area contributed by atoms with Crippen molar-refractivity contribution in [3.05, 3.63) is 58.0 Å². The minimum Gasteiger partial charge on any atom is -0.339 e. The Bertz CT molecular complexity index is 649. The summed E-state index contributed by atoms with van der Waals surface area (Å²) in [6.07, 6.45) is 6.28. The highest BCUT2D eigenvalue weighted by Gasteiger charge is 2.21. The molecule has 2 aromatic rings. The van der Waals surface area contributed by atoms with Crippen LogP contribution in [0.3, 0.4) is 0 Å². The molecule has 25 heavy (non-hydrogen) atoms. The van der Waals surface area contributed by atoms with Crippen LogP contribution in [0.2, 0.25) is 0 Å². The predicted octanol–water partition coefficient (Wildman–Crippen LogP) is 2.94. The largest absolute Gasteiger partial charge is 0.339 e. The van der Waals surface area contributed by atoms with Crippen LogP contribution in [0, 0.1) is 5.82 Å². The van der Waals surface area contributed by atoms with E-state index in [2.05, 4.69) is 5.32 Å². The molecule has 2 N–H and O–H groups in total. The molecule has 1 aromatic carbocycles. The van der Waals surface area contributed by atoms with Gasteiger partial charge >= 0.3 is 0 Å². The molecule has 1 saturated heterocycles. The first-order valence-electron chi connectivity index (χ1n) is 9.14. The molecule has 2 heterocycles. The molecule has 1 amide bonds. The third-order valence-corrected chi connectivity index (χ3v) is 5.74. The molecule has 0 bridgehead atoms. The Morgan fingerprint density at radius 3 is 2.40 bits per heavy atom. The first-order valence-corrected chi connectivity index (χ1v) is 10.0. The van der Waals surface area contributed by atoms with Crippen molar-refractivity contribution in [3.63, 3.8) is 0 Å². The zero-order chi connectivity index (χ0) is 17.5. The minimum atomic E-state index is -0.259. The van der Waals surface area contributed by atoms with Crippen LogP contribution in [0.25, 0.3) is 0 Å². The predicted molar refractivity (Wildman–Crippen MR) is 99.4 cm³/mol. The quantitative estimate of drug-likeness (QED) is 0.843. The maximum atomic E-state index is 13.2. The van der Waals surface area contributed by atoms with Crippen molar-refractivity contribution in [2.45, 2.75) is 38.1 Å². The normalized spacial score (nSPS) is 17.5. The number of carbonyl (C=O) groups is 1. The summed E-state index contributed by atoms with van der Waals surface area (Å²) >= 11 is 1.61. The van der Waals surface area contributed by atoms with E-state index >= 15 is 0 Å². The molecular weight excluding hydrogens is 335 g/mol. The molecule has 0 saturated carbocycles. The van der Waals surface area contributed by atoms with Crippen molar-refractivity contribution in [1.82, 2.24) is 5.32 Å². The second-order valence-electron chi connectivity index (χ2n) is 6.76. The lowest BCUT2D eigenvalue weighted by molar-refractivity contribution is -0.893. The van der Waals surface area contributed by atoms with Crippen molar-refractivity contribution < 1.29 is 14.1 Å². The number of rotatable bonds is 5. The van der Waals surface area contributed by atoms with E-state index in [0.29, 0.717) is 6.54 Å². The number of thiophene rings is 1. The van der Waals surface area contributed by atoms with Crippen LogP contribution in [-0.4, -0.2) is 25.5 Å². The number of amides is 1. The molecule has 1 fully saturated rings. The van der Waals surface area contributed by atoms with Crippen molar-refractivity contribution in [2.24, 2.45) is 0 Å². The van der Waals surface area contributed by atoms with Crippen LogP contribution < -0.4 is 10.2 Å². The van der Waals surface area contributed by atoms with Crippen LogP contribution >= 0.6 is 11.3 Å². The molecule has 0 spiro atoms. The van der Waals surface area contributed by atoms with Crippen LogP contribution in [0.15, 0.2) is 41.8 Å². The summed E-state index contributed by atoms with van der Waals surface area (Å²) in [5.41, 5.74) is 0.917. The number of halogens is 1. The van der Waals surface area contributed by atoms with Crippen molar-refractivity contribution in [1.29, 1.82) is 0 Å². The Morgan fingerprint density at radius 2 is 1.76 bits per heavy atom. The smallest absolute Gasteiger partial charge is 0.275 e. The van der Waals surface area contributed by atoms with Gasteiger partial charge in [0, 0.05) is 4.88 Å². The van der Waals surface area contributed by atoms with E-state index in [0.717, 1.165) is 23.5 Å². The summed E-state index contributed by atoms with van der Waals surface area (Å²) in [5.74, 6) is -0.191. The fraction of sp³-hybridized carbons (Fsp3) is 0.450. The van der Waals surface area contributed by atoms with Gasteiger partial charge < -0.3 is 10.2 Å². The topological polar surface area (TPSA) is 33.5 Å². The molecule has 1 aromatic heterocycles. The van der Waals surface area contributed by atoms with Crippen molar-refractivity contribution >= 4 is 17.2 Å². The Labute approximate surface area is 152 Å². The first-order chi connectivity index (χ1) is 12.2. The Morgan fingerprint density at radius 1 is 1.08 bits per heavy atom. The Balaban J connectivity index is 1.67. The Hall–Kier alpha value is -1.72. The molecule has 3 nitrogen and oxygen atoms in total. The molecule has 0 radical (unpaired) electrons. The molecule has 0 aliphatic carbocycles. The van der Waals surface area contributed by atoms with Gasteiger partial charge in [0.2, 0.25) is 0 Å². The first kappa shape index (κ1) is 18.1. The van der Waals surface area contributed by atoms with Gasteiger partial charge in [-0.3, -0.25) is 4.79 Å². The van der Waals surface area contributed by atoms with E-state index in [4.69, 9.17) is 0 Å². The fourth-order valence-electron chi connectivity index (χ4n) is 3.45.